The van der Waals surface area contributed by atoms with Crippen molar-refractivity contribution in [1.29, 1.82) is 0 Å². The zero-order valence-corrected chi connectivity index (χ0v) is 13.6. The van der Waals surface area contributed by atoms with Gasteiger partial charge in [-0.3, -0.25) is 4.90 Å². The van der Waals surface area contributed by atoms with Gasteiger partial charge in [-0.1, -0.05) is 54.5 Å². The van der Waals surface area contributed by atoms with Crippen molar-refractivity contribution in [2.45, 2.75) is 19.2 Å². The molecule has 0 heterocycles. The van der Waals surface area contributed by atoms with Crippen LogP contribution in [0.1, 0.15) is 11.1 Å². The molecule has 0 aliphatic heterocycles. The van der Waals surface area contributed by atoms with Crippen LogP contribution in [0.2, 0.25) is 0 Å². The van der Waals surface area contributed by atoms with E-state index in [2.05, 4.69) is 5.92 Å². The Morgan fingerprint density at radius 3 is 2.50 bits per heavy atom. The highest BCUT2D eigenvalue weighted by molar-refractivity contribution is 5.18. The molecule has 0 radical (unpaired) electrons. The molecule has 1 N–H and O–H groups in total. The van der Waals surface area contributed by atoms with Crippen molar-refractivity contribution in [1.82, 2.24) is 4.90 Å². The van der Waals surface area contributed by atoms with Crippen LogP contribution in [0.3, 0.4) is 0 Å². The van der Waals surface area contributed by atoms with Crippen LogP contribution in [0.25, 0.3) is 0 Å². The third-order valence-electron chi connectivity index (χ3n) is 3.57. The van der Waals surface area contributed by atoms with Crippen molar-refractivity contribution in [3.8, 4) is 12.3 Å². The van der Waals surface area contributed by atoms with E-state index >= 15 is 0 Å². The summed E-state index contributed by atoms with van der Waals surface area (Å²) in [5.74, 6) is 2.12. The molecule has 126 valence electrons. The molecule has 0 aliphatic rings. The quantitative estimate of drug-likeness (QED) is 0.568. The summed E-state index contributed by atoms with van der Waals surface area (Å²) in [7, 11) is 0. The SMILES string of the molecule is C#CCOC[C@H](O)CN(Cc1ccccc1)Cc1ccccc1F. The number of hydrogen-bond donors (Lipinski definition) is 1. The number of benzene rings is 2. The lowest BCUT2D eigenvalue weighted by atomic mass is 10.1. The monoisotopic (exact) mass is 327 g/mol. The second kappa shape index (κ2) is 9.84. The van der Waals surface area contributed by atoms with E-state index in [0.717, 1.165) is 5.56 Å². The molecule has 0 unspecified atom stereocenters. The van der Waals surface area contributed by atoms with E-state index in [0.29, 0.717) is 25.2 Å². The first kappa shape index (κ1) is 18.2. The van der Waals surface area contributed by atoms with Crippen molar-refractivity contribution in [3.63, 3.8) is 0 Å². The average Bonchev–Trinajstić information content (AvgIpc) is 2.58. The first-order valence-corrected chi connectivity index (χ1v) is 7.88. The summed E-state index contributed by atoms with van der Waals surface area (Å²) in [6.45, 7) is 1.72. The number of ether oxygens (including phenoxy) is 1. The summed E-state index contributed by atoms with van der Waals surface area (Å²) < 4.78 is 19.1. The number of aliphatic hydroxyl groups is 1. The number of nitrogens with zero attached hydrogens (tertiary/aromatic N) is 1. The lowest BCUT2D eigenvalue weighted by Crippen LogP contribution is -2.34. The lowest BCUT2D eigenvalue weighted by Gasteiger charge is -2.25. The van der Waals surface area contributed by atoms with Gasteiger partial charge in [0.2, 0.25) is 0 Å². The van der Waals surface area contributed by atoms with Crippen LogP contribution in [0, 0.1) is 18.2 Å². The van der Waals surface area contributed by atoms with E-state index in [-0.39, 0.29) is 19.0 Å². The average molecular weight is 327 g/mol. The molecule has 0 amide bonds. The van der Waals surface area contributed by atoms with Crippen LogP contribution in [-0.4, -0.2) is 35.9 Å². The van der Waals surface area contributed by atoms with E-state index in [1.54, 1.807) is 12.1 Å². The smallest absolute Gasteiger partial charge is 0.127 e. The molecule has 0 aliphatic carbocycles. The van der Waals surface area contributed by atoms with Gasteiger partial charge in [-0.05, 0) is 11.6 Å². The Morgan fingerprint density at radius 2 is 1.79 bits per heavy atom. The molecule has 3 nitrogen and oxygen atoms in total. The Balaban J connectivity index is 2.03. The van der Waals surface area contributed by atoms with Gasteiger partial charge in [-0.25, -0.2) is 4.39 Å². The predicted octanol–water partition coefficient (Wildman–Crippen LogP) is 2.84. The molecule has 2 aromatic carbocycles. The van der Waals surface area contributed by atoms with Crippen LogP contribution in [0.5, 0.6) is 0 Å². The van der Waals surface area contributed by atoms with Gasteiger partial charge in [0.25, 0.3) is 0 Å². The highest BCUT2D eigenvalue weighted by Gasteiger charge is 2.15. The summed E-state index contributed by atoms with van der Waals surface area (Å²) in [6.07, 6.45) is 4.44. The molecule has 2 aromatic rings. The molecule has 0 spiro atoms. The number of halogens is 1. The van der Waals surface area contributed by atoms with Gasteiger partial charge < -0.3 is 9.84 Å². The Labute approximate surface area is 142 Å². The van der Waals surface area contributed by atoms with Gasteiger partial charge in [0, 0.05) is 25.2 Å². The summed E-state index contributed by atoms with van der Waals surface area (Å²) in [5, 5.41) is 10.1. The van der Waals surface area contributed by atoms with Crippen molar-refractivity contribution in [3.05, 3.63) is 71.5 Å². The molecular weight excluding hydrogens is 305 g/mol. The molecule has 2 rings (SSSR count). The van der Waals surface area contributed by atoms with Crippen LogP contribution in [0.4, 0.5) is 4.39 Å². The van der Waals surface area contributed by atoms with Crippen LogP contribution >= 0.6 is 0 Å². The van der Waals surface area contributed by atoms with Crippen molar-refractivity contribution >= 4 is 0 Å². The minimum absolute atomic E-state index is 0.159. The Bertz CT molecular complexity index is 654. The molecule has 0 aromatic heterocycles. The van der Waals surface area contributed by atoms with Crippen LogP contribution in [-0.2, 0) is 17.8 Å². The number of aliphatic hydroxyl groups excluding tert-OH is 1. The summed E-state index contributed by atoms with van der Waals surface area (Å²) in [6, 6.07) is 16.6. The molecule has 4 heteroatoms. The third-order valence-corrected chi connectivity index (χ3v) is 3.57. The number of hydrogen-bond acceptors (Lipinski definition) is 3. The first-order valence-electron chi connectivity index (χ1n) is 7.88. The Hall–Kier alpha value is -2.19. The molecular formula is C20H22FNO2. The summed E-state index contributed by atoms with van der Waals surface area (Å²) in [5.41, 5.74) is 1.70. The standard InChI is InChI=1S/C20H22FNO2/c1-2-12-24-16-19(23)15-22(13-17-8-4-3-5-9-17)14-18-10-6-7-11-20(18)21/h1,3-11,19,23H,12-16H2/t19-/m1/s1. The molecule has 1 atom stereocenters. The fraction of sp³-hybridized carbons (Fsp3) is 0.300. The van der Waals surface area contributed by atoms with Crippen LogP contribution in [0.15, 0.2) is 54.6 Å². The molecule has 0 saturated heterocycles. The minimum atomic E-state index is -0.686. The maximum Gasteiger partial charge on any atom is 0.127 e. The van der Waals surface area contributed by atoms with Crippen LogP contribution < -0.4 is 0 Å². The molecule has 0 saturated carbocycles. The summed E-state index contributed by atoms with van der Waals surface area (Å²) >= 11 is 0. The van der Waals surface area contributed by atoms with Gasteiger partial charge in [-0.15, -0.1) is 6.42 Å². The van der Waals surface area contributed by atoms with Gasteiger partial charge in [0.1, 0.15) is 12.4 Å². The lowest BCUT2D eigenvalue weighted by molar-refractivity contribution is 0.0241. The van der Waals surface area contributed by atoms with Gasteiger partial charge >= 0.3 is 0 Å². The maximum atomic E-state index is 13.9. The van der Waals surface area contributed by atoms with E-state index in [4.69, 9.17) is 11.2 Å². The number of rotatable bonds is 9. The molecule has 24 heavy (non-hydrogen) atoms. The second-order valence-corrected chi connectivity index (χ2v) is 5.62. The fourth-order valence-corrected chi connectivity index (χ4v) is 2.50. The number of terminal acetylenes is 1. The van der Waals surface area contributed by atoms with Crippen molar-refractivity contribution in [2.24, 2.45) is 0 Å². The summed E-state index contributed by atoms with van der Waals surface area (Å²) in [4.78, 5) is 2.00. The fourth-order valence-electron chi connectivity index (χ4n) is 2.50. The largest absolute Gasteiger partial charge is 0.389 e. The molecule has 0 bridgehead atoms. The van der Waals surface area contributed by atoms with E-state index in [9.17, 15) is 9.50 Å². The third kappa shape index (κ3) is 6.13. The normalized spacial score (nSPS) is 12.1. The van der Waals surface area contributed by atoms with Crippen molar-refractivity contribution < 1.29 is 14.2 Å². The Morgan fingerprint density at radius 1 is 1.08 bits per heavy atom. The zero-order valence-electron chi connectivity index (χ0n) is 13.6. The van der Waals surface area contributed by atoms with Gasteiger partial charge in [0.05, 0.1) is 12.7 Å². The first-order chi connectivity index (χ1) is 11.7. The van der Waals surface area contributed by atoms with Gasteiger partial charge in [0.15, 0.2) is 0 Å². The van der Waals surface area contributed by atoms with E-state index in [1.165, 1.54) is 6.07 Å². The van der Waals surface area contributed by atoms with Crippen molar-refractivity contribution in [2.75, 3.05) is 19.8 Å². The minimum Gasteiger partial charge on any atom is -0.389 e. The predicted molar refractivity (Wildman–Crippen MR) is 92.6 cm³/mol. The van der Waals surface area contributed by atoms with E-state index in [1.807, 2.05) is 41.3 Å². The highest BCUT2D eigenvalue weighted by Crippen LogP contribution is 2.13. The highest BCUT2D eigenvalue weighted by atomic mass is 19.1. The zero-order chi connectivity index (χ0) is 17.2. The topological polar surface area (TPSA) is 32.7 Å². The molecule has 0 fully saturated rings. The van der Waals surface area contributed by atoms with E-state index < -0.39 is 6.10 Å². The second-order valence-electron chi connectivity index (χ2n) is 5.62. The maximum absolute atomic E-state index is 13.9. The Kier molecular flexibility index (Phi) is 7.44. The van der Waals surface area contributed by atoms with Gasteiger partial charge in [-0.2, -0.15) is 0 Å².